The highest BCUT2D eigenvalue weighted by molar-refractivity contribution is 7.89. The molecule has 2 N–H and O–H groups in total. The quantitative estimate of drug-likeness (QED) is 0.737. The molecule has 0 aromatic heterocycles. The molecule has 1 aliphatic carbocycles. The van der Waals surface area contributed by atoms with Gasteiger partial charge in [0.1, 0.15) is 0 Å². The van der Waals surface area contributed by atoms with Gasteiger partial charge in [0.15, 0.2) is 0 Å². The fraction of sp³-hybridized carbons (Fsp3) is 0.579. The minimum atomic E-state index is -3.69. The fourth-order valence-corrected chi connectivity index (χ4v) is 4.70. The van der Waals surface area contributed by atoms with Gasteiger partial charge in [0.2, 0.25) is 10.0 Å². The van der Waals surface area contributed by atoms with Gasteiger partial charge in [0, 0.05) is 24.7 Å². The number of benzene rings is 1. The number of carboxylic acid groups (broad SMARTS) is 1. The molecule has 1 amide bonds. The molecule has 0 bridgehead atoms. The van der Waals surface area contributed by atoms with Crippen LogP contribution in [0, 0.1) is 5.92 Å². The van der Waals surface area contributed by atoms with E-state index >= 15 is 0 Å². The van der Waals surface area contributed by atoms with Crippen LogP contribution >= 0.6 is 0 Å². The lowest BCUT2D eigenvalue weighted by Gasteiger charge is -2.30. The third-order valence-corrected chi connectivity index (χ3v) is 7.27. The number of carbonyl (C=O) groups excluding carboxylic acids is 1. The molecule has 7 nitrogen and oxygen atoms in total. The van der Waals surface area contributed by atoms with Crippen molar-refractivity contribution in [2.45, 2.75) is 62.9 Å². The van der Waals surface area contributed by atoms with Crippen LogP contribution in [0.2, 0.25) is 0 Å². The summed E-state index contributed by atoms with van der Waals surface area (Å²) in [5.41, 5.74) is 0.192. The number of hydrogen-bond donors (Lipinski definition) is 2. The van der Waals surface area contributed by atoms with Crippen LogP contribution in [0.25, 0.3) is 0 Å². The Kier molecular flexibility index (Phi) is 7.00. The second-order valence-corrected chi connectivity index (χ2v) is 9.23. The highest BCUT2D eigenvalue weighted by atomic mass is 32.2. The summed E-state index contributed by atoms with van der Waals surface area (Å²) >= 11 is 0. The first-order valence-electron chi connectivity index (χ1n) is 9.26. The van der Waals surface area contributed by atoms with Crippen LogP contribution in [0.15, 0.2) is 29.2 Å². The Bertz CT molecular complexity index is 787. The average Bonchev–Trinajstić information content (AvgIpc) is 2.67. The lowest BCUT2D eigenvalue weighted by molar-refractivity contribution is -0.141. The Morgan fingerprint density at radius 1 is 1.19 bits per heavy atom. The van der Waals surface area contributed by atoms with E-state index in [2.05, 4.69) is 5.32 Å². The average molecular weight is 397 g/mol. The van der Waals surface area contributed by atoms with E-state index in [1.165, 1.54) is 35.5 Å². The van der Waals surface area contributed by atoms with Crippen molar-refractivity contribution >= 4 is 21.9 Å². The van der Waals surface area contributed by atoms with E-state index < -0.39 is 33.9 Å². The van der Waals surface area contributed by atoms with Gasteiger partial charge in [-0.1, -0.05) is 25.3 Å². The van der Waals surface area contributed by atoms with Crippen LogP contribution in [0.1, 0.15) is 56.3 Å². The number of carboxylic acids is 1. The van der Waals surface area contributed by atoms with Crippen LogP contribution in [0.5, 0.6) is 0 Å². The normalized spacial score (nSPS) is 18.1. The number of nitrogens with zero attached hydrogens (tertiary/aromatic N) is 1. The van der Waals surface area contributed by atoms with Crippen LogP contribution in [-0.2, 0) is 14.8 Å². The zero-order valence-electron chi connectivity index (χ0n) is 16.0. The number of sulfonamides is 1. The van der Waals surface area contributed by atoms with Crippen molar-refractivity contribution < 1.29 is 23.1 Å². The minimum absolute atomic E-state index is 0.0160. The molecule has 0 spiro atoms. The Morgan fingerprint density at radius 3 is 2.41 bits per heavy atom. The summed E-state index contributed by atoms with van der Waals surface area (Å²) in [4.78, 5) is 23.5. The van der Waals surface area contributed by atoms with Crippen LogP contribution in [-0.4, -0.2) is 48.8 Å². The fourth-order valence-electron chi connectivity index (χ4n) is 3.23. The second-order valence-electron chi connectivity index (χ2n) is 7.23. The SMILES string of the molecule is CC(NC(=O)c1cccc(S(=O)(=O)N(C)C2CCCCC2)c1)C(C)C(=O)O. The molecule has 1 aromatic rings. The summed E-state index contributed by atoms with van der Waals surface area (Å²) in [7, 11) is -2.10. The van der Waals surface area contributed by atoms with Gasteiger partial charge in [-0.3, -0.25) is 9.59 Å². The molecule has 1 aliphatic rings. The minimum Gasteiger partial charge on any atom is -0.481 e. The summed E-state index contributed by atoms with van der Waals surface area (Å²) in [5.74, 6) is -2.25. The smallest absolute Gasteiger partial charge is 0.308 e. The zero-order chi connectivity index (χ0) is 20.2. The molecule has 27 heavy (non-hydrogen) atoms. The maximum atomic E-state index is 12.9. The number of carbonyl (C=O) groups is 2. The van der Waals surface area contributed by atoms with Gasteiger partial charge in [-0.15, -0.1) is 0 Å². The maximum absolute atomic E-state index is 12.9. The van der Waals surface area contributed by atoms with Crippen LogP contribution < -0.4 is 5.32 Å². The monoisotopic (exact) mass is 396 g/mol. The molecule has 0 radical (unpaired) electrons. The molecule has 2 rings (SSSR count). The summed E-state index contributed by atoms with van der Waals surface area (Å²) in [6, 6.07) is 5.28. The summed E-state index contributed by atoms with van der Waals surface area (Å²) in [6.07, 6.45) is 4.87. The van der Waals surface area contributed by atoms with Crippen molar-refractivity contribution in [1.82, 2.24) is 9.62 Å². The van der Waals surface area contributed by atoms with Crippen molar-refractivity contribution in [1.29, 1.82) is 0 Å². The Labute approximate surface area is 160 Å². The molecule has 8 heteroatoms. The van der Waals surface area contributed by atoms with Gasteiger partial charge in [-0.25, -0.2) is 8.42 Å². The van der Waals surface area contributed by atoms with Crippen LogP contribution in [0.4, 0.5) is 0 Å². The molecule has 0 saturated heterocycles. The lowest BCUT2D eigenvalue weighted by atomic mass is 9.96. The van der Waals surface area contributed by atoms with E-state index in [0.29, 0.717) is 0 Å². The predicted octanol–water partition coefficient (Wildman–Crippen LogP) is 2.48. The molecule has 150 valence electrons. The van der Waals surface area contributed by atoms with Crippen LogP contribution in [0.3, 0.4) is 0 Å². The molecule has 1 saturated carbocycles. The standard InChI is InChI=1S/C19H28N2O5S/c1-13(19(23)24)14(2)20-18(22)15-8-7-11-17(12-15)27(25,26)21(3)16-9-5-4-6-10-16/h7-8,11-14,16H,4-6,9-10H2,1-3H3,(H,20,22)(H,23,24). The number of aliphatic carboxylic acids is 1. The number of hydrogen-bond acceptors (Lipinski definition) is 4. The second kappa shape index (κ2) is 8.84. The summed E-state index contributed by atoms with van der Waals surface area (Å²) < 4.78 is 27.3. The Hall–Kier alpha value is -1.93. The summed E-state index contributed by atoms with van der Waals surface area (Å²) in [5, 5.41) is 11.7. The largest absolute Gasteiger partial charge is 0.481 e. The molecular formula is C19H28N2O5S. The highest BCUT2D eigenvalue weighted by Gasteiger charge is 2.29. The molecule has 1 aromatic carbocycles. The van der Waals surface area contributed by atoms with Gasteiger partial charge >= 0.3 is 5.97 Å². The first-order valence-corrected chi connectivity index (χ1v) is 10.7. The number of amides is 1. The summed E-state index contributed by atoms with van der Waals surface area (Å²) in [6.45, 7) is 3.11. The third kappa shape index (κ3) is 5.07. The molecular weight excluding hydrogens is 368 g/mol. The third-order valence-electron chi connectivity index (χ3n) is 5.36. The van der Waals surface area contributed by atoms with Gasteiger partial charge in [-0.2, -0.15) is 4.31 Å². The number of nitrogens with one attached hydrogen (secondary N) is 1. The Morgan fingerprint density at radius 2 is 1.81 bits per heavy atom. The van der Waals surface area contributed by atoms with Gasteiger partial charge in [0.25, 0.3) is 5.91 Å². The lowest BCUT2D eigenvalue weighted by Crippen LogP contribution is -2.40. The maximum Gasteiger partial charge on any atom is 0.308 e. The first kappa shape index (κ1) is 21.4. The van der Waals surface area contributed by atoms with Crippen molar-refractivity contribution in [2.24, 2.45) is 5.92 Å². The van der Waals surface area contributed by atoms with E-state index in [1.54, 1.807) is 14.0 Å². The predicted molar refractivity (Wildman–Crippen MR) is 102 cm³/mol. The van der Waals surface area contributed by atoms with E-state index in [0.717, 1.165) is 32.1 Å². The Balaban J connectivity index is 2.18. The number of rotatable bonds is 7. The first-order chi connectivity index (χ1) is 12.6. The van der Waals surface area contributed by atoms with Gasteiger partial charge < -0.3 is 10.4 Å². The van der Waals surface area contributed by atoms with Crippen molar-refractivity contribution in [3.63, 3.8) is 0 Å². The van der Waals surface area contributed by atoms with Crippen molar-refractivity contribution in [2.75, 3.05) is 7.05 Å². The van der Waals surface area contributed by atoms with Gasteiger partial charge in [-0.05, 0) is 44.9 Å². The van der Waals surface area contributed by atoms with Crippen molar-refractivity contribution in [3.8, 4) is 0 Å². The van der Waals surface area contributed by atoms with E-state index in [1.807, 2.05) is 0 Å². The highest BCUT2D eigenvalue weighted by Crippen LogP contribution is 2.26. The topological polar surface area (TPSA) is 104 Å². The van der Waals surface area contributed by atoms with E-state index in [-0.39, 0.29) is 16.5 Å². The van der Waals surface area contributed by atoms with E-state index in [9.17, 15) is 18.0 Å². The molecule has 2 unspecified atom stereocenters. The molecule has 1 fully saturated rings. The van der Waals surface area contributed by atoms with Gasteiger partial charge in [0.05, 0.1) is 10.8 Å². The van der Waals surface area contributed by atoms with Crippen molar-refractivity contribution in [3.05, 3.63) is 29.8 Å². The van der Waals surface area contributed by atoms with E-state index in [4.69, 9.17) is 5.11 Å². The molecule has 0 aliphatic heterocycles. The molecule has 2 atom stereocenters. The zero-order valence-corrected chi connectivity index (χ0v) is 16.8. The molecule has 0 heterocycles.